The van der Waals surface area contributed by atoms with Gasteiger partial charge in [-0.15, -0.1) is 0 Å². The zero-order valence-corrected chi connectivity index (χ0v) is 9.54. The SMILES string of the molecule is OB(O)O.[Ba+2].[H-].[H-].[Tb]. The predicted molar refractivity (Wildman–Crippen MR) is 20.4 cm³/mol. The Balaban J connectivity index is -0.00000000750. The second-order valence-electron chi connectivity index (χ2n) is 0.346. The van der Waals surface area contributed by atoms with Crippen LogP contribution in [0.5, 0.6) is 0 Å². The summed E-state index contributed by atoms with van der Waals surface area (Å²) in [7, 11) is -2.17. The molecule has 0 saturated heterocycles. The van der Waals surface area contributed by atoms with Gasteiger partial charge in [0.05, 0.1) is 0 Å². The van der Waals surface area contributed by atoms with Crippen molar-refractivity contribution < 1.29 is 56.5 Å². The first-order valence-corrected chi connectivity index (χ1v) is 0.775. The van der Waals surface area contributed by atoms with Gasteiger partial charge in [-0.1, -0.05) is 0 Å². The van der Waals surface area contributed by atoms with E-state index in [1.165, 1.54) is 0 Å². The Morgan fingerprint density at radius 3 is 1.17 bits per heavy atom. The molecule has 0 aliphatic carbocycles. The van der Waals surface area contributed by atoms with E-state index >= 15 is 0 Å². The zero-order valence-electron chi connectivity index (χ0n) is 4.96. The van der Waals surface area contributed by atoms with Gasteiger partial charge in [-0.3, -0.25) is 0 Å². The Morgan fingerprint density at radius 1 is 1.17 bits per heavy atom. The molecule has 37 valence electrons. The normalized spacial score (nSPS) is 4.50. The maximum Gasteiger partial charge on any atom is 2.00 e. The van der Waals surface area contributed by atoms with Gasteiger partial charge in [-0.2, -0.15) is 0 Å². The fourth-order valence-corrected chi connectivity index (χ4v) is 0. The Bertz CT molecular complexity index is 22.0. The van der Waals surface area contributed by atoms with Crippen LogP contribution in [0.15, 0.2) is 0 Å². The Morgan fingerprint density at radius 2 is 1.17 bits per heavy atom. The average Bonchev–Trinajstić information content (AvgIpc) is 0.811. The topological polar surface area (TPSA) is 60.7 Å². The van der Waals surface area contributed by atoms with Gasteiger partial charge < -0.3 is 17.9 Å². The van der Waals surface area contributed by atoms with Crippen molar-refractivity contribution in [2.75, 3.05) is 0 Å². The molecule has 0 atom stereocenters. The molecular weight excluding hydrogens is 355 g/mol. The molecule has 3 N–H and O–H groups in total. The molecule has 6 heteroatoms. The summed E-state index contributed by atoms with van der Waals surface area (Å²) in [5.41, 5.74) is 0. The fraction of sp³-hybridized carbons (Fsp3) is 0. The molecule has 0 fully saturated rings. The Kier molecular flexibility index (Phi) is 28.4. The van der Waals surface area contributed by atoms with E-state index in [4.69, 9.17) is 15.1 Å². The summed E-state index contributed by atoms with van der Waals surface area (Å²) >= 11 is 0. The van der Waals surface area contributed by atoms with E-state index in [1.807, 2.05) is 0 Å². The molecule has 0 saturated carbocycles. The fourth-order valence-electron chi connectivity index (χ4n) is 0. The second-order valence-corrected chi connectivity index (χ2v) is 0.346. The van der Waals surface area contributed by atoms with Gasteiger partial charge in [0.1, 0.15) is 0 Å². The molecule has 6 heavy (non-hydrogen) atoms. The standard InChI is InChI=1S/BH3O3.Ba.Tb.2H/c2-1(3)4;;;;/h2-4H;;;;/q;+2;;2*-1. The first kappa shape index (κ1) is 15.9. The van der Waals surface area contributed by atoms with Gasteiger partial charge in [-0.25, -0.2) is 0 Å². The van der Waals surface area contributed by atoms with Crippen LogP contribution in [-0.4, -0.2) is 71.3 Å². The monoisotopic (exact) mass is 361 g/mol. The quantitative estimate of drug-likeness (QED) is 0.430. The minimum absolute atomic E-state index is 0. The summed E-state index contributed by atoms with van der Waals surface area (Å²) in [4.78, 5) is 0. The first-order valence-electron chi connectivity index (χ1n) is 0.775. The summed E-state index contributed by atoms with van der Waals surface area (Å²) in [5.74, 6) is 0. The third-order valence-electron chi connectivity index (χ3n) is 0. The predicted octanol–water partition coefficient (Wildman–Crippen LogP) is -2.21. The molecule has 0 amide bonds. The number of hydrogen-bond donors (Lipinski definition) is 3. The van der Waals surface area contributed by atoms with Gasteiger partial charge in [0, 0.05) is 38.6 Å². The second kappa shape index (κ2) is 10.7. The van der Waals surface area contributed by atoms with E-state index in [0.29, 0.717) is 0 Å². The van der Waals surface area contributed by atoms with E-state index in [2.05, 4.69) is 0 Å². The Hall–Kier alpha value is 2.80. The van der Waals surface area contributed by atoms with Crippen molar-refractivity contribution in [3.63, 3.8) is 0 Å². The van der Waals surface area contributed by atoms with E-state index in [1.54, 1.807) is 0 Å². The molecular formula is H5BBaO3Tb. The van der Waals surface area contributed by atoms with Crippen LogP contribution in [0.4, 0.5) is 0 Å². The zero-order chi connectivity index (χ0) is 3.58. The van der Waals surface area contributed by atoms with Gasteiger partial charge in [0.2, 0.25) is 0 Å². The number of hydrogen-bond acceptors (Lipinski definition) is 3. The summed E-state index contributed by atoms with van der Waals surface area (Å²) in [6.07, 6.45) is 0. The van der Waals surface area contributed by atoms with E-state index in [9.17, 15) is 0 Å². The maximum absolute atomic E-state index is 7.17. The largest absolute Gasteiger partial charge is 2.00 e. The van der Waals surface area contributed by atoms with Crippen molar-refractivity contribution in [1.29, 1.82) is 0 Å². The van der Waals surface area contributed by atoms with Crippen molar-refractivity contribution in [2.45, 2.75) is 0 Å². The molecule has 0 unspecified atom stereocenters. The van der Waals surface area contributed by atoms with Crippen LogP contribution in [0.3, 0.4) is 0 Å². The first-order chi connectivity index (χ1) is 1.73. The summed E-state index contributed by atoms with van der Waals surface area (Å²) < 4.78 is 0. The van der Waals surface area contributed by atoms with Crippen LogP contribution in [0.25, 0.3) is 0 Å². The van der Waals surface area contributed by atoms with Crippen LogP contribution < -0.4 is 0 Å². The minimum Gasteiger partial charge on any atom is -1.00 e. The summed E-state index contributed by atoms with van der Waals surface area (Å²) in [6.45, 7) is 0. The Labute approximate surface area is 110 Å². The molecule has 0 heterocycles. The molecule has 0 aliphatic rings. The number of rotatable bonds is 0. The van der Waals surface area contributed by atoms with Gasteiger partial charge in [-0.05, 0) is 0 Å². The van der Waals surface area contributed by atoms with Gasteiger partial charge in [0.15, 0.2) is 0 Å². The molecule has 0 aromatic carbocycles. The van der Waals surface area contributed by atoms with E-state index < -0.39 is 7.32 Å². The van der Waals surface area contributed by atoms with Gasteiger partial charge in [0.25, 0.3) is 0 Å². The molecule has 0 spiro atoms. The molecule has 0 aliphatic heterocycles. The molecule has 0 rings (SSSR count). The molecule has 0 bridgehead atoms. The smallest absolute Gasteiger partial charge is 1.00 e. The van der Waals surface area contributed by atoms with E-state index in [-0.39, 0.29) is 90.3 Å². The van der Waals surface area contributed by atoms with Crippen molar-refractivity contribution in [2.24, 2.45) is 0 Å². The van der Waals surface area contributed by atoms with Crippen LogP contribution in [-0.2, 0) is 0 Å². The van der Waals surface area contributed by atoms with Crippen molar-refractivity contribution in [3.8, 4) is 0 Å². The van der Waals surface area contributed by atoms with Crippen molar-refractivity contribution in [1.82, 2.24) is 0 Å². The molecule has 0 aromatic rings. The van der Waals surface area contributed by atoms with Crippen molar-refractivity contribution in [3.05, 3.63) is 0 Å². The van der Waals surface area contributed by atoms with Gasteiger partial charge >= 0.3 is 56.2 Å². The summed E-state index contributed by atoms with van der Waals surface area (Å²) in [5, 5.41) is 21.5. The average molecular weight is 360 g/mol. The minimum atomic E-state index is -2.17. The van der Waals surface area contributed by atoms with Crippen LogP contribution >= 0.6 is 0 Å². The van der Waals surface area contributed by atoms with E-state index in [0.717, 1.165) is 0 Å². The van der Waals surface area contributed by atoms with Crippen LogP contribution in [0.1, 0.15) is 2.85 Å². The third kappa shape index (κ3) is 29.2. The molecule has 1 radical (unpaired) electrons. The molecule has 0 aromatic heterocycles. The van der Waals surface area contributed by atoms with Crippen LogP contribution in [0.2, 0.25) is 0 Å². The third-order valence-corrected chi connectivity index (χ3v) is 0. The molecule has 3 nitrogen and oxygen atoms in total. The summed E-state index contributed by atoms with van der Waals surface area (Å²) in [6, 6.07) is 0. The maximum atomic E-state index is 7.17. The van der Waals surface area contributed by atoms with Crippen LogP contribution in [0, 0.1) is 38.6 Å². The van der Waals surface area contributed by atoms with Crippen molar-refractivity contribution >= 4 is 56.2 Å².